The molecule has 0 saturated heterocycles. The maximum atomic E-state index is 12.1. The van der Waals surface area contributed by atoms with E-state index in [9.17, 15) is 4.79 Å². The predicted octanol–water partition coefficient (Wildman–Crippen LogP) is 3.94. The minimum Gasteiger partial charge on any atom is -0.399 e. The van der Waals surface area contributed by atoms with E-state index in [0.717, 1.165) is 0 Å². The highest BCUT2D eigenvalue weighted by Gasteiger charge is 2.10. The summed E-state index contributed by atoms with van der Waals surface area (Å²) in [6.45, 7) is 0. The molecule has 0 spiro atoms. The quantitative estimate of drug-likeness (QED) is 0.822. The van der Waals surface area contributed by atoms with Crippen molar-refractivity contribution in [2.24, 2.45) is 0 Å². The van der Waals surface area contributed by atoms with E-state index >= 15 is 0 Å². The van der Waals surface area contributed by atoms with Crippen LogP contribution in [-0.2, 0) is 0 Å². The summed E-state index contributed by atoms with van der Waals surface area (Å²) >= 11 is 9.18. The van der Waals surface area contributed by atoms with Crippen LogP contribution >= 0.6 is 27.5 Å². The van der Waals surface area contributed by atoms with Gasteiger partial charge in [-0.1, -0.05) is 17.7 Å². The molecule has 92 valence electrons. The number of benzene rings is 2. The molecule has 0 aromatic heterocycles. The van der Waals surface area contributed by atoms with E-state index in [1.165, 1.54) is 0 Å². The van der Waals surface area contributed by atoms with Crippen molar-refractivity contribution in [2.75, 3.05) is 11.1 Å². The molecule has 3 N–H and O–H groups in total. The second-order valence-corrected chi connectivity index (χ2v) is 4.99. The second-order valence-electron chi connectivity index (χ2n) is 3.70. The Morgan fingerprint density at radius 3 is 2.72 bits per heavy atom. The lowest BCUT2D eigenvalue weighted by Gasteiger charge is -2.07. The van der Waals surface area contributed by atoms with Gasteiger partial charge in [-0.25, -0.2) is 0 Å². The normalized spacial score (nSPS) is 10.1. The van der Waals surface area contributed by atoms with Crippen molar-refractivity contribution >= 4 is 44.8 Å². The Morgan fingerprint density at radius 2 is 2.00 bits per heavy atom. The Morgan fingerprint density at radius 1 is 1.22 bits per heavy atom. The molecule has 0 saturated carbocycles. The highest BCUT2D eigenvalue weighted by atomic mass is 79.9. The Bertz CT molecular complexity index is 601. The number of nitrogen functional groups attached to an aromatic ring is 1. The van der Waals surface area contributed by atoms with Gasteiger partial charge in [-0.05, 0) is 52.3 Å². The average molecular weight is 326 g/mol. The zero-order valence-electron chi connectivity index (χ0n) is 9.28. The molecule has 18 heavy (non-hydrogen) atoms. The van der Waals surface area contributed by atoms with Crippen LogP contribution < -0.4 is 11.1 Å². The lowest BCUT2D eigenvalue weighted by atomic mass is 10.2. The van der Waals surface area contributed by atoms with Crippen LogP contribution in [0.2, 0.25) is 5.02 Å². The molecule has 0 unspecified atom stereocenters. The number of hydrogen-bond donors (Lipinski definition) is 2. The zero-order valence-corrected chi connectivity index (χ0v) is 11.6. The number of hydrogen-bond acceptors (Lipinski definition) is 2. The summed E-state index contributed by atoms with van der Waals surface area (Å²) in [6.07, 6.45) is 0. The van der Waals surface area contributed by atoms with Crippen LogP contribution in [-0.4, -0.2) is 5.91 Å². The summed E-state index contributed by atoms with van der Waals surface area (Å²) in [5.41, 5.74) is 7.36. The fraction of sp³-hybridized carbons (Fsp3) is 0. The number of nitrogens with one attached hydrogen (secondary N) is 1. The first-order chi connectivity index (χ1) is 8.56. The van der Waals surface area contributed by atoms with Gasteiger partial charge in [0.15, 0.2) is 0 Å². The summed E-state index contributed by atoms with van der Waals surface area (Å²) in [5.74, 6) is -0.241. The molecule has 0 aliphatic carbocycles. The Labute approximate surface area is 118 Å². The van der Waals surface area contributed by atoms with Gasteiger partial charge in [-0.3, -0.25) is 4.79 Å². The molecule has 0 bridgehead atoms. The van der Waals surface area contributed by atoms with Crippen LogP contribution in [0.5, 0.6) is 0 Å². The van der Waals surface area contributed by atoms with Crippen molar-refractivity contribution in [3.8, 4) is 0 Å². The smallest absolute Gasteiger partial charge is 0.256 e. The summed E-state index contributed by atoms with van der Waals surface area (Å²) in [7, 11) is 0. The number of halogens is 2. The Hall–Kier alpha value is -1.52. The topological polar surface area (TPSA) is 55.1 Å². The van der Waals surface area contributed by atoms with Crippen molar-refractivity contribution in [3.05, 3.63) is 57.5 Å². The van der Waals surface area contributed by atoms with E-state index in [4.69, 9.17) is 17.3 Å². The first-order valence-electron chi connectivity index (χ1n) is 5.18. The van der Waals surface area contributed by atoms with Crippen LogP contribution in [0.15, 0.2) is 46.9 Å². The van der Waals surface area contributed by atoms with E-state index in [0.29, 0.717) is 26.4 Å². The van der Waals surface area contributed by atoms with Crippen LogP contribution in [0, 0.1) is 0 Å². The van der Waals surface area contributed by atoms with E-state index in [-0.39, 0.29) is 5.91 Å². The van der Waals surface area contributed by atoms with Gasteiger partial charge in [0.25, 0.3) is 5.91 Å². The second kappa shape index (κ2) is 5.42. The van der Waals surface area contributed by atoms with E-state index in [1.54, 1.807) is 42.5 Å². The van der Waals surface area contributed by atoms with Gasteiger partial charge in [0.1, 0.15) is 0 Å². The van der Waals surface area contributed by atoms with Crippen molar-refractivity contribution < 1.29 is 4.79 Å². The third kappa shape index (κ3) is 3.03. The van der Waals surface area contributed by atoms with Gasteiger partial charge >= 0.3 is 0 Å². The van der Waals surface area contributed by atoms with Crippen LogP contribution in [0.4, 0.5) is 11.4 Å². The molecule has 1 amide bonds. The third-order valence-electron chi connectivity index (χ3n) is 2.32. The number of carbonyl (C=O) groups is 1. The number of nitrogens with two attached hydrogens (primary N) is 1. The van der Waals surface area contributed by atoms with Gasteiger partial charge in [0, 0.05) is 20.9 Å². The van der Waals surface area contributed by atoms with E-state index in [1.807, 2.05) is 0 Å². The molecule has 0 fully saturated rings. The maximum Gasteiger partial charge on any atom is 0.256 e. The van der Waals surface area contributed by atoms with Gasteiger partial charge in [0.2, 0.25) is 0 Å². The van der Waals surface area contributed by atoms with Crippen LogP contribution in [0.3, 0.4) is 0 Å². The van der Waals surface area contributed by atoms with Crippen LogP contribution in [0.25, 0.3) is 0 Å². The summed E-state index contributed by atoms with van der Waals surface area (Å²) in [6, 6.07) is 12.0. The summed E-state index contributed by atoms with van der Waals surface area (Å²) in [5, 5.41) is 3.27. The SMILES string of the molecule is Nc1cccc(NC(=O)c2cc(Cl)ccc2Br)c1. The first-order valence-corrected chi connectivity index (χ1v) is 6.35. The van der Waals surface area contributed by atoms with E-state index in [2.05, 4.69) is 21.2 Å². The van der Waals surface area contributed by atoms with Gasteiger partial charge in [0.05, 0.1) is 5.56 Å². The Kier molecular flexibility index (Phi) is 3.89. The van der Waals surface area contributed by atoms with Gasteiger partial charge in [-0.2, -0.15) is 0 Å². The van der Waals surface area contributed by atoms with Gasteiger partial charge in [-0.15, -0.1) is 0 Å². The lowest BCUT2D eigenvalue weighted by Crippen LogP contribution is -2.12. The number of carbonyl (C=O) groups excluding carboxylic acids is 1. The fourth-order valence-electron chi connectivity index (χ4n) is 1.49. The largest absolute Gasteiger partial charge is 0.399 e. The number of anilines is 2. The molecule has 5 heteroatoms. The highest BCUT2D eigenvalue weighted by molar-refractivity contribution is 9.10. The number of rotatable bonds is 2. The van der Waals surface area contributed by atoms with Crippen molar-refractivity contribution in [2.45, 2.75) is 0 Å². The first kappa shape index (κ1) is 12.9. The van der Waals surface area contributed by atoms with Crippen molar-refractivity contribution in [3.63, 3.8) is 0 Å². The molecular weight excluding hydrogens is 316 g/mol. The zero-order chi connectivity index (χ0) is 13.1. The van der Waals surface area contributed by atoms with Crippen LogP contribution in [0.1, 0.15) is 10.4 Å². The predicted molar refractivity (Wildman–Crippen MR) is 78.0 cm³/mol. The fourth-order valence-corrected chi connectivity index (χ4v) is 2.09. The third-order valence-corrected chi connectivity index (χ3v) is 3.24. The average Bonchev–Trinajstić information content (AvgIpc) is 2.32. The molecule has 2 rings (SSSR count). The van der Waals surface area contributed by atoms with Crippen molar-refractivity contribution in [1.82, 2.24) is 0 Å². The van der Waals surface area contributed by atoms with E-state index < -0.39 is 0 Å². The molecule has 0 heterocycles. The number of amides is 1. The molecule has 0 aliphatic heterocycles. The lowest BCUT2D eigenvalue weighted by molar-refractivity contribution is 0.102. The molecular formula is C13H10BrClN2O. The molecule has 0 aliphatic rings. The molecule has 0 radical (unpaired) electrons. The molecule has 2 aromatic carbocycles. The van der Waals surface area contributed by atoms with Crippen molar-refractivity contribution in [1.29, 1.82) is 0 Å². The molecule has 0 atom stereocenters. The molecule has 2 aromatic rings. The maximum absolute atomic E-state index is 12.1. The summed E-state index contributed by atoms with van der Waals surface area (Å²) < 4.78 is 0.688. The van der Waals surface area contributed by atoms with Gasteiger partial charge < -0.3 is 11.1 Å². The monoisotopic (exact) mass is 324 g/mol. The minimum atomic E-state index is -0.241. The standard InChI is InChI=1S/C13H10BrClN2O/c14-12-5-4-8(15)6-11(12)13(18)17-10-3-1-2-9(16)7-10/h1-7H,16H2,(H,17,18). The minimum absolute atomic E-state index is 0.241. The highest BCUT2D eigenvalue weighted by Crippen LogP contribution is 2.22. The molecule has 3 nitrogen and oxygen atoms in total. The Balaban J connectivity index is 2.24. The summed E-state index contributed by atoms with van der Waals surface area (Å²) in [4.78, 5) is 12.1.